The van der Waals surface area contributed by atoms with E-state index in [1.54, 1.807) is 0 Å². The predicted octanol–water partition coefficient (Wildman–Crippen LogP) is 3.17. The van der Waals surface area contributed by atoms with Gasteiger partial charge in [-0.05, 0) is 48.9 Å². The fraction of sp³-hybridized carbons (Fsp3) is 0.350. The highest BCUT2D eigenvalue weighted by Gasteiger charge is 2.23. The lowest BCUT2D eigenvalue weighted by molar-refractivity contribution is -0.122. The summed E-state index contributed by atoms with van der Waals surface area (Å²) in [6.45, 7) is 1.83. The van der Waals surface area contributed by atoms with E-state index < -0.39 is 0 Å². The van der Waals surface area contributed by atoms with Crippen molar-refractivity contribution >= 4 is 11.6 Å². The first-order chi connectivity index (χ1) is 11.2. The number of carbonyl (C=O) groups excluding carboxylic acids is 1. The van der Waals surface area contributed by atoms with Crippen LogP contribution in [0.1, 0.15) is 24.0 Å². The fourth-order valence-corrected chi connectivity index (χ4v) is 3.23. The zero-order valence-electron chi connectivity index (χ0n) is 13.4. The Morgan fingerprint density at radius 2 is 1.48 bits per heavy atom. The molecule has 0 saturated carbocycles. The summed E-state index contributed by atoms with van der Waals surface area (Å²) < 4.78 is 0. The topological polar surface area (TPSA) is 46.3 Å². The van der Waals surface area contributed by atoms with Gasteiger partial charge in [0.1, 0.15) is 0 Å². The lowest BCUT2D eigenvalue weighted by atomic mass is 9.96. The van der Waals surface area contributed by atoms with Gasteiger partial charge in [-0.2, -0.15) is 0 Å². The van der Waals surface area contributed by atoms with Gasteiger partial charge in [-0.25, -0.2) is 0 Å². The molecular formula is C20H24N2O. The molecule has 2 aromatic rings. The molecule has 0 aromatic heterocycles. The third kappa shape index (κ3) is 4.13. The summed E-state index contributed by atoms with van der Waals surface area (Å²) in [5.41, 5.74) is 9.39. The van der Waals surface area contributed by atoms with E-state index in [0.29, 0.717) is 0 Å². The molecule has 0 aliphatic carbocycles. The lowest BCUT2D eigenvalue weighted by Crippen LogP contribution is -2.38. The summed E-state index contributed by atoms with van der Waals surface area (Å²) in [5.74, 6) is -0.0997. The van der Waals surface area contributed by atoms with Gasteiger partial charge in [0, 0.05) is 24.7 Å². The van der Waals surface area contributed by atoms with Crippen LogP contribution in [0.3, 0.4) is 0 Å². The molecule has 2 aromatic carbocycles. The number of hydrogen-bond acceptors (Lipinski definition) is 2. The van der Waals surface area contributed by atoms with Gasteiger partial charge in [0.05, 0.1) is 0 Å². The number of anilines is 1. The minimum atomic E-state index is -0.152. The molecule has 1 aliphatic rings. The summed E-state index contributed by atoms with van der Waals surface area (Å²) in [6, 6.07) is 19.4. The highest BCUT2D eigenvalue weighted by atomic mass is 16.1. The molecule has 0 spiro atoms. The van der Waals surface area contributed by atoms with E-state index in [-0.39, 0.29) is 11.8 Å². The smallest absolute Gasteiger partial charge is 0.220 e. The number of nitrogens with zero attached hydrogens (tertiary/aromatic N) is 1. The maximum absolute atomic E-state index is 11.2. The second-order valence-corrected chi connectivity index (χ2v) is 6.32. The monoisotopic (exact) mass is 308 g/mol. The van der Waals surface area contributed by atoms with Gasteiger partial charge >= 0.3 is 0 Å². The maximum Gasteiger partial charge on any atom is 0.220 e. The van der Waals surface area contributed by atoms with Crippen LogP contribution in [0.15, 0.2) is 54.6 Å². The highest BCUT2D eigenvalue weighted by molar-refractivity contribution is 5.77. The Kier molecular flexibility index (Phi) is 4.96. The number of piperidine rings is 1. The van der Waals surface area contributed by atoms with Gasteiger partial charge in [0.2, 0.25) is 5.91 Å². The van der Waals surface area contributed by atoms with Gasteiger partial charge in [-0.15, -0.1) is 0 Å². The summed E-state index contributed by atoms with van der Waals surface area (Å²) in [7, 11) is 0. The van der Waals surface area contributed by atoms with Crippen LogP contribution in [0.4, 0.5) is 5.69 Å². The van der Waals surface area contributed by atoms with Crippen molar-refractivity contribution in [2.75, 3.05) is 18.0 Å². The number of amides is 1. The molecule has 3 nitrogen and oxygen atoms in total. The van der Waals surface area contributed by atoms with Crippen LogP contribution in [0.5, 0.6) is 0 Å². The van der Waals surface area contributed by atoms with E-state index >= 15 is 0 Å². The van der Waals surface area contributed by atoms with Crippen LogP contribution in [0.25, 0.3) is 0 Å². The molecule has 1 saturated heterocycles. The minimum absolute atomic E-state index is 0.0522. The molecule has 3 rings (SSSR count). The average molecular weight is 308 g/mol. The predicted molar refractivity (Wildman–Crippen MR) is 94.4 cm³/mol. The van der Waals surface area contributed by atoms with Crippen LogP contribution in [0, 0.1) is 5.92 Å². The number of primary amides is 1. The van der Waals surface area contributed by atoms with Crippen molar-refractivity contribution in [2.24, 2.45) is 11.7 Å². The van der Waals surface area contributed by atoms with Crippen molar-refractivity contribution in [1.82, 2.24) is 0 Å². The van der Waals surface area contributed by atoms with Gasteiger partial charge in [0.25, 0.3) is 0 Å². The molecule has 0 bridgehead atoms. The maximum atomic E-state index is 11.2. The molecule has 1 amide bonds. The van der Waals surface area contributed by atoms with Crippen molar-refractivity contribution < 1.29 is 4.79 Å². The first kappa shape index (κ1) is 15.6. The molecule has 0 atom stereocenters. The quantitative estimate of drug-likeness (QED) is 0.922. The Bertz CT molecular complexity index is 628. The first-order valence-electron chi connectivity index (χ1n) is 8.39. The molecule has 1 heterocycles. The number of benzene rings is 2. The van der Waals surface area contributed by atoms with Crippen molar-refractivity contribution in [3.8, 4) is 0 Å². The van der Waals surface area contributed by atoms with Crippen molar-refractivity contribution in [3.05, 3.63) is 65.7 Å². The van der Waals surface area contributed by atoms with Gasteiger partial charge in [0.15, 0.2) is 0 Å². The van der Waals surface area contributed by atoms with Crippen molar-refractivity contribution in [2.45, 2.75) is 25.7 Å². The summed E-state index contributed by atoms with van der Waals surface area (Å²) in [5, 5.41) is 0. The number of nitrogens with two attached hydrogens (primary N) is 1. The van der Waals surface area contributed by atoms with E-state index in [0.717, 1.165) is 38.8 Å². The summed E-state index contributed by atoms with van der Waals surface area (Å²) in [6.07, 6.45) is 3.87. The van der Waals surface area contributed by atoms with Crippen LogP contribution < -0.4 is 10.6 Å². The Morgan fingerprint density at radius 3 is 2.04 bits per heavy atom. The Labute approximate surface area is 138 Å². The van der Waals surface area contributed by atoms with E-state index in [2.05, 4.69) is 59.5 Å². The van der Waals surface area contributed by atoms with Crippen LogP contribution in [0.2, 0.25) is 0 Å². The number of aryl methyl sites for hydroxylation is 2. The number of carbonyl (C=O) groups is 1. The molecule has 0 unspecified atom stereocenters. The normalized spacial score (nSPS) is 15.6. The molecule has 120 valence electrons. The zero-order chi connectivity index (χ0) is 16.1. The Hall–Kier alpha value is -2.29. The van der Waals surface area contributed by atoms with E-state index in [1.165, 1.54) is 16.8 Å². The van der Waals surface area contributed by atoms with Gasteiger partial charge in [-0.1, -0.05) is 42.5 Å². The van der Waals surface area contributed by atoms with Crippen molar-refractivity contribution in [1.29, 1.82) is 0 Å². The molecule has 0 radical (unpaired) electrons. The van der Waals surface area contributed by atoms with E-state index in [9.17, 15) is 4.79 Å². The largest absolute Gasteiger partial charge is 0.371 e. The van der Waals surface area contributed by atoms with Crippen LogP contribution >= 0.6 is 0 Å². The highest BCUT2D eigenvalue weighted by Crippen LogP contribution is 2.23. The van der Waals surface area contributed by atoms with Crippen molar-refractivity contribution in [3.63, 3.8) is 0 Å². The second kappa shape index (κ2) is 7.32. The standard InChI is InChI=1S/C20H24N2O/c21-20(23)18-12-14-22(15-13-18)19-10-8-17(9-11-19)7-6-16-4-2-1-3-5-16/h1-5,8-11,18H,6-7,12-15H2,(H2,21,23). The minimum Gasteiger partial charge on any atom is -0.371 e. The SMILES string of the molecule is NC(=O)C1CCN(c2ccc(CCc3ccccc3)cc2)CC1. The number of hydrogen-bond donors (Lipinski definition) is 1. The van der Waals surface area contributed by atoms with Gasteiger partial charge in [-0.3, -0.25) is 4.79 Å². The summed E-state index contributed by atoms with van der Waals surface area (Å²) in [4.78, 5) is 13.6. The molecule has 3 heteroatoms. The van der Waals surface area contributed by atoms with E-state index in [1.807, 2.05) is 0 Å². The van der Waals surface area contributed by atoms with Crippen LogP contribution in [-0.2, 0) is 17.6 Å². The Morgan fingerprint density at radius 1 is 0.913 bits per heavy atom. The van der Waals surface area contributed by atoms with E-state index in [4.69, 9.17) is 5.73 Å². The average Bonchev–Trinajstić information content (AvgIpc) is 2.61. The molecule has 2 N–H and O–H groups in total. The molecular weight excluding hydrogens is 284 g/mol. The Balaban J connectivity index is 1.54. The molecule has 1 aliphatic heterocycles. The molecule has 23 heavy (non-hydrogen) atoms. The fourth-order valence-electron chi connectivity index (χ4n) is 3.23. The summed E-state index contributed by atoms with van der Waals surface area (Å²) >= 11 is 0. The second-order valence-electron chi connectivity index (χ2n) is 6.32. The third-order valence-corrected chi connectivity index (χ3v) is 4.74. The molecule has 1 fully saturated rings. The van der Waals surface area contributed by atoms with Crippen LogP contribution in [-0.4, -0.2) is 19.0 Å². The lowest BCUT2D eigenvalue weighted by Gasteiger charge is -2.32. The first-order valence-corrected chi connectivity index (χ1v) is 8.39. The number of rotatable bonds is 5. The third-order valence-electron chi connectivity index (χ3n) is 4.74. The van der Waals surface area contributed by atoms with Gasteiger partial charge < -0.3 is 10.6 Å². The zero-order valence-corrected chi connectivity index (χ0v) is 13.4.